The fourth-order valence-corrected chi connectivity index (χ4v) is 3.54. The van der Waals surface area contributed by atoms with Gasteiger partial charge in [-0.05, 0) is 70.0 Å². The van der Waals surface area contributed by atoms with Crippen molar-refractivity contribution in [1.82, 2.24) is 10.2 Å². The van der Waals surface area contributed by atoms with E-state index in [-0.39, 0.29) is 0 Å². The molecular formula is C15H30N2. The van der Waals surface area contributed by atoms with Crippen LogP contribution in [0.2, 0.25) is 0 Å². The number of rotatable bonds is 3. The first-order valence-corrected chi connectivity index (χ1v) is 7.57. The fraction of sp³-hybridized carbons (Fsp3) is 1.00. The smallest absolute Gasteiger partial charge is 0.00950 e. The second-order valence-electron chi connectivity index (χ2n) is 6.55. The molecule has 2 heteroatoms. The Balaban J connectivity index is 1.77. The Morgan fingerprint density at radius 2 is 1.71 bits per heavy atom. The fourth-order valence-electron chi connectivity index (χ4n) is 3.54. The molecule has 1 saturated heterocycles. The Morgan fingerprint density at radius 3 is 2.35 bits per heavy atom. The summed E-state index contributed by atoms with van der Waals surface area (Å²) >= 11 is 0. The molecule has 0 radical (unpaired) electrons. The predicted molar refractivity (Wildman–Crippen MR) is 74.2 cm³/mol. The summed E-state index contributed by atoms with van der Waals surface area (Å²) in [7, 11) is 2.36. The van der Waals surface area contributed by atoms with E-state index < -0.39 is 0 Å². The number of nitrogens with zero attached hydrogens (tertiary/aromatic N) is 1. The van der Waals surface area contributed by atoms with Crippen molar-refractivity contribution in [2.75, 3.05) is 26.7 Å². The molecule has 2 nitrogen and oxygen atoms in total. The third kappa shape index (κ3) is 3.69. The molecule has 2 rings (SSSR count). The van der Waals surface area contributed by atoms with Gasteiger partial charge in [0.15, 0.2) is 0 Å². The van der Waals surface area contributed by atoms with Crippen molar-refractivity contribution in [3.05, 3.63) is 0 Å². The first-order valence-electron chi connectivity index (χ1n) is 7.57. The first kappa shape index (κ1) is 13.4. The van der Waals surface area contributed by atoms with Gasteiger partial charge in [0.25, 0.3) is 0 Å². The van der Waals surface area contributed by atoms with Gasteiger partial charge in [0.1, 0.15) is 0 Å². The van der Waals surface area contributed by atoms with E-state index in [1.807, 2.05) is 0 Å². The topological polar surface area (TPSA) is 15.3 Å². The highest BCUT2D eigenvalue weighted by molar-refractivity contribution is 4.82. The van der Waals surface area contributed by atoms with E-state index in [1.54, 1.807) is 0 Å². The molecule has 3 unspecified atom stereocenters. The quantitative estimate of drug-likeness (QED) is 0.813. The van der Waals surface area contributed by atoms with E-state index in [0.717, 1.165) is 23.8 Å². The third-order valence-corrected chi connectivity index (χ3v) is 5.20. The Morgan fingerprint density at radius 1 is 1.00 bits per heavy atom. The van der Waals surface area contributed by atoms with E-state index in [1.165, 1.54) is 51.7 Å². The van der Waals surface area contributed by atoms with Crippen LogP contribution in [0, 0.1) is 17.8 Å². The molecule has 100 valence electrons. The average Bonchev–Trinajstić information content (AvgIpc) is 2.34. The van der Waals surface area contributed by atoms with Crippen LogP contribution in [0.3, 0.4) is 0 Å². The Kier molecular flexibility index (Phi) is 4.87. The van der Waals surface area contributed by atoms with Crippen molar-refractivity contribution in [2.45, 2.75) is 52.0 Å². The maximum atomic E-state index is 3.46. The van der Waals surface area contributed by atoms with Crippen LogP contribution < -0.4 is 5.32 Å². The third-order valence-electron chi connectivity index (χ3n) is 5.20. The lowest BCUT2D eigenvalue weighted by atomic mass is 9.78. The van der Waals surface area contributed by atoms with E-state index in [2.05, 4.69) is 31.1 Å². The van der Waals surface area contributed by atoms with Gasteiger partial charge in [0.2, 0.25) is 0 Å². The minimum absolute atomic E-state index is 0.857. The molecule has 17 heavy (non-hydrogen) atoms. The molecule has 0 spiro atoms. The highest BCUT2D eigenvalue weighted by Crippen LogP contribution is 2.32. The van der Waals surface area contributed by atoms with Crippen LogP contribution in [0.4, 0.5) is 0 Å². The van der Waals surface area contributed by atoms with Gasteiger partial charge in [0, 0.05) is 12.6 Å². The van der Waals surface area contributed by atoms with Gasteiger partial charge < -0.3 is 10.2 Å². The number of nitrogens with one attached hydrogen (secondary N) is 1. The molecule has 1 heterocycles. The summed E-state index contributed by atoms with van der Waals surface area (Å²) in [6, 6.07) is 0.857. The first-order chi connectivity index (χ1) is 8.16. The molecule has 0 aromatic rings. The van der Waals surface area contributed by atoms with Gasteiger partial charge >= 0.3 is 0 Å². The molecule has 0 amide bonds. The standard InChI is InChI=1S/C15H30N2/c1-12-4-5-15(10-13(12)2)17(3)11-14-6-8-16-9-7-14/h12-16H,4-11H2,1-3H3. The van der Waals surface area contributed by atoms with Crippen molar-refractivity contribution in [1.29, 1.82) is 0 Å². The van der Waals surface area contributed by atoms with Gasteiger partial charge in [-0.3, -0.25) is 0 Å². The summed E-state index contributed by atoms with van der Waals surface area (Å²) in [5, 5.41) is 3.46. The van der Waals surface area contributed by atoms with Crippen LogP contribution in [0.25, 0.3) is 0 Å². The monoisotopic (exact) mass is 238 g/mol. The van der Waals surface area contributed by atoms with Crippen molar-refractivity contribution in [2.24, 2.45) is 17.8 Å². The minimum atomic E-state index is 0.857. The maximum Gasteiger partial charge on any atom is 0.00950 e. The Labute approximate surface area is 107 Å². The molecule has 3 atom stereocenters. The lowest BCUT2D eigenvalue weighted by Crippen LogP contribution is -2.42. The summed E-state index contributed by atoms with van der Waals surface area (Å²) in [4.78, 5) is 2.67. The lowest BCUT2D eigenvalue weighted by Gasteiger charge is -2.39. The van der Waals surface area contributed by atoms with Crippen molar-refractivity contribution in [3.63, 3.8) is 0 Å². The SMILES string of the molecule is CC1CCC(N(C)CC2CCNCC2)CC1C. The van der Waals surface area contributed by atoms with Crippen LogP contribution in [0.5, 0.6) is 0 Å². The maximum absolute atomic E-state index is 3.46. The van der Waals surface area contributed by atoms with Crippen molar-refractivity contribution in [3.8, 4) is 0 Å². The zero-order valence-electron chi connectivity index (χ0n) is 11.9. The molecule has 0 bridgehead atoms. The predicted octanol–water partition coefficient (Wildman–Crippen LogP) is 2.74. The molecule has 1 aliphatic carbocycles. The molecular weight excluding hydrogens is 208 g/mol. The zero-order valence-corrected chi connectivity index (χ0v) is 11.9. The molecule has 1 N–H and O–H groups in total. The summed E-state index contributed by atoms with van der Waals surface area (Å²) in [6.45, 7) is 8.66. The molecule has 1 saturated carbocycles. The van der Waals surface area contributed by atoms with Gasteiger partial charge in [-0.1, -0.05) is 13.8 Å². The molecule has 0 aromatic carbocycles. The summed E-state index contributed by atoms with van der Waals surface area (Å²) < 4.78 is 0. The van der Waals surface area contributed by atoms with Crippen molar-refractivity contribution >= 4 is 0 Å². The molecule has 2 fully saturated rings. The average molecular weight is 238 g/mol. The normalized spacial score (nSPS) is 36.4. The highest BCUT2D eigenvalue weighted by Gasteiger charge is 2.28. The largest absolute Gasteiger partial charge is 0.317 e. The Bertz CT molecular complexity index is 223. The second kappa shape index (κ2) is 6.19. The number of hydrogen-bond donors (Lipinski definition) is 1. The van der Waals surface area contributed by atoms with Crippen LogP contribution in [-0.4, -0.2) is 37.6 Å². The molecule has 2 aliphatic rings. The van der Waals surface area contributed by atoms with Gasteiger partial charge in [-0.25, -0.2) is 0 Å². The summed E-state index contributed by atoms with van der Waals surface area (Å²) in [5.41, 5.74) is 0. The van der Waals surface area contributed by atoms with Gasteiger partial charge in [-0.2, -0.15) is 0 Å². The summed E-state index contributed by atoms with van der Waals surface area (Å²) in [6.07, 6.45) is 7.03. The lowest BCUT2D eigenvalue weighted by molar-refractivity contribution is 0.111. The highest BCUT2D eigenvalue weighted by atomic mass is 15.1. The van der Waals surface area contributed by atoms with Crippen LogP contribution in [0.1, 0.15) is 46.0 Å². The second-order valence-corrected chi connectivity index (χ2v) is 6.55. The minimum Gasteiger partial charge on any atom is -0.317 e. The Hall–Kier alpha value is -0.0800. The van der Waals surface area contributed by atoms with Crippen LogP contribution in [-0.2, 0) is 0 Å². The number of hydrogen-bond acceptors (Lipinski definition) is 2. The zero-order chi connectivity index (χ0) is 12.3. The van der Waals surface area contributed by atoms with E-state index >= 15 is 0 Å². The van der Waals surface area contributed by atoms with Crippen LogP contribution in [0.15, 0.2) is 0 Å². The number of piperidine rings is 1. The van der Waals surface area contributed by atoms with E-state index in [4.69, 9.17) is 0 Å². The van der Waals surface area contributed by atoms with Gasteiger partial charge in [0.05, 0.1) is 0 Å². The van der Waals surface area contributed by atoms with E-state index in [0.29, 0.717) is 0 Å². The van der Waals surface area contributed by atoms with Crippen LogP contribution >= 0.6 is 0 Å². The molecule has 1 aliphatic heterocycles. The summed E-state index contributed by atoms with van der Waals surface area (Å²) in [5.74, 6) is 2.80. The molecule has 0 aromatic heterocycles. The van der Waals surface area contributed by atoms with Gasteiger partial charge in [-0.15, -0.1) is 0 Å². The van der Waals surface area contributed by atoms with Crippen molar-refractivity contribution < 1.29 is 0 Å². The van der Waals surface area contributed by atoms with E-state index in [9.17, 15) is 0 Å².